The van der Waals surface area contributed by atoms with E-state index in [0.717, 1.165) is 31.3 Å². The van der Waals surface area contributed by atoms with Crippen molar-refractivity contribution in [2.75, 3.05) is 19.7 Å². The van der Waals surface area contributed by atoms with Gasteiger partial charge >= 0.3 is 0 Å². The summed E-state index contributed by atoms with van der Waals surface area (Å²) in [5.41, 5.74) is 0.362. The molecule has 0 radical (unpaired) electrons. The average molecular weight is 313 g/mol. The Morgan fingerprint density at radius 3 is 2.83 bits per heavy atom. The molecule has 1 saturated heterocycles. The molecule has 0 aromatic heterocycles. The van der Waals surface area contributed by atoms with Crippen molar-refractivity contribution < 1.29 is 14.6 Å². The van der Waals surface area contributed by atoms with Crippen molar-refractivity contribution in [3.63, 3.8) is 0 Å². The first-order chi connectivity index (χ1) is 11.2. The first kappa shape index (κ1) is 15.8. The van der Waals surface area contributed by atoms with E-state index in [1.54, 1.807) is 11.0 Å². The van der Waals surface area contributed by atoms with Crippen molar-refractivity contribution in [2.45, 2.75) is 32.3 Å². The zero-order valence-corrected chi connectivity index (χ0v) is 13.5. The minimum Gasteiger partial charge on any atom is -0.506 e. The number of fused-ring (bicyclic) bond motifs is 1. The number of hydrogen-bond donors (Lipinski definition) is 1. The molecule has 0 saturated carbocycles. The van der Waals surface area contributed by atoms with Gasteiger partial charge in [0, 0.05) is 25.1 Å². The first-order valence-corrected chi connectivity index (χ1v) is 8.32. The Balaban J connectivity index is 1.84. The predicted molar refractivity (Wildman–Crippen MR) is 90.8 cm³/mol. The number of nitrogens with zero attached hydrogens (tertiary/aromatic N) is 1. The Morgan fingerprint density at radius 1 is 1.26 bits per heavy atom. The number of benzene rings is 2. The molecule has 1 amide bonds. The van der Waals surface area contributed by atoms with E-state index in [-0.39, 0.29) is 17.8 Å². The fourth-order valence-electron chi connectivity index (χ4n) is 3.15. The van der Waals surface area contributed by atoms with E-state index in [0.29, 0.717) is 24.0 Å². The van der Waals surface area contributed by atoms with Gasteiger partial charge in [-0.2, -0.15) is 0 Å². The molecule has 2 aromatic carbocycles. The number of rotatable bonds is 4. The van der Waals surface area contributed by atoms with Gasteiger partial charge in [-0.1, -0.05) is 30.3 Å². The molecule has 0 bridgehead atoms. The summed E-state index contributed by atoms with van der Waals surface area (Å²) in [7, 11) is 0. The first-order valence-electron chi connectivity index (χ1n) is 8.32. The molecule has 0 spiro atoms. The van der Waals surface area contributed by atoms with E-state index in [4.69, 9.17) is 4.74 Å². The molecular weight excluding hydrogens is 290 g/mol. The van der Waals surface area contributed by atoms with Gasteiger partial charge in [0.2, 0.25) is 0 Å². The van der Waals surface area contributed by atoms with Crippen molar-refractivity contribution in [1.82, 2.24) is 4.90 Å². The highest BCUT2D eigenvalue weighted by atomic mass is 16.5. The van der Waals surface area contributed by atoms with Gasteiger partial charge in [0.25, 0.3) is 5.91 Å². The fraction of sp³-hybridized carbons (Fsp3) is 0.421. The highest BCUT2D eigenvalue weighted by molar-refractivity contribution is 6.03. The van der Waals surface area contributed by atoms with Gasteiger partial charge in [-0.25, -0.2) is 0 Å². The quantitative estimate of drug-likeness (QED) is 0.938. The van der Waals surface area contributed by atoms with Crippen LogP contribution in [0.4, 0.5) is 0 Å². The number of carbonyl (C=O) groups excluding carboxylic acids is 1. The highest BCUT2D eigenvalue weighted by Gasteiger charge is 2.23. The second-order valence-corrected chi connectivity index (χ2v) is 6.02. The summed E-state index contributed by atoms with van der Waals surface area (Å²) in [5, 5.41) is 12.1. The SMILES string of the molecule is CCN(CC1CCCCO1)C(=O)c1ccc2ccccc2c1O. The van der Waals surface area contributed by atoms with Gasteiger partial charge < -0.3 is 14.7 Å². The van der Waals surface area contributed by atoms with Gasteiger partial charge in [-0.05, 0) is 37.6 Å². The lowest BCUT2D eigenvalue weighted by molar-refractivity contribution is -0.00316. The molecule has 4 heteroatoms. The molecular formula is C19H23NO3. The van der Waals surface area contributed by atoms with Crippen LogP contribution in [0.1, 0.15) is 36.5 Å². The summed E-state index contributed by atoms with van der Waals surface area (Å²) in [6.07, 6.45) is 3.35. The maximum absolute atomic E-state index is 12.8. The van der Waals surface area contributed by atoms with Crippen LogP contribution in [-0.4, -0.2) is 41.7 Å². The van der Waals surface area contributed by atoms with Crippen molar-refractivity contribution in [2.24, 2.45) is 0 Å². The number of hydrogen-bond acceptors (Lipinski definition) is 3. The molecule has 1 aliphatic heterocycles. The van der Waals surface area contributed by atoms with E-state index < -0.39 is 0 Å². The van der Waals surface area contributed by atoms with Crippen molar-refractivity contribution in [3.8, 4) is 5.75 Å². The number of ether oxygens (including phenoxy) is 1. The third-order valence-corrected chi connectivity index (χ3v) is 4.50. The van der Waals surface area contributed by atoms with Gasteiger partial charge in [0.15, 0.2) is 0 Å². The zero-order valence-electron chi connectivity index (χ0n) is 13.5. The molecule has 23 heavy (non-hydrogen) atoms. The molecule has 1 unspecified atom stereocenters. The van der Waals surface area contributed by atoms with Crippen LogP contribution >= 0.6 is 0 Å². The van der Waals surface area contributed by atoms with Gasteiger partial charge in [0.05, 0.1) is 11.7 Å². The monoisotopic (exact) mass is 313 g/mol. The maximum atomic E-state index is 12.8. The van der Waals surface area contributed by atoms with E-state index in [1.165, 1.54) is 0 Å². The van der Waals surface area contributed by atoms with Crippen LogP contribution in [0.3, 0.4) is 0 Å². The van der Waals surface area contributed by atoms with Crippen LogP contribution in [0, 0.1) is 0 Å². The smallest absolute Gasteiger partial charge is 0.257 e. The molecule has 1 N–H and O–H groups in total. The average Bonchev–Trinajstić information content (AvgIpc) is 2.60. The van der Waals surface area contributed by atoms with E-state index in [2.05, 4.69) is 0 Å². The van der Waals surface area contributed by atoms with Crippen LogP contribution in [0.25, 0.3) is 10.8 Å². The van der Waals surface area contributed by atoms with Crippen molar-refractivity contribution in [1.29, 1.82) is 0 Å². The summed E-state index contributed by atoms with van der Waals surface area (Å²) in [5.74, 6) is -0.0685. The second-order valence-electron chi connectivity index (χ2n) is 6.02. The Hall–Kier alpha value is -2.07. The predicted octanol–water partition coefficient (Wildman–Crippen LogP) is 3.58. The van der Waals surface area contributed by atoms with E-state index >= 15 is 0 Å². The van der Waals surface area contributed by atoms with Crippen LogP contribution in [0.2, 0.25) is 0 Å². The topological polar surface area (TPSA) is 49.8 Å². The summed E-state index contributed by atoms with van der Waals surface area (Å²) in [6, 6.07) is 11.1. The van der Waals surface area contributed by atoms with Crippen LogP contribution < -0.4 is 0 Å². The molecule has 4 nitrogen and oxygen atoms in total. The minimum absolute atomic E-state index is 0.0658. The third kappa shape index (κ3) is 3.32. The molecule has 2 aromatic rings. The Bertz CT molecular complexity index is 692. The standard InChI is InChI=1S/C19H23NO3/c1-2-20(13-15-8-5-6-12-23-15)19(22)17-11-10-14-7-3-4-9-16(14)18(17)21/h3-4,7,9-11,15,21H,2,5-6,8,12-13H2,1H3. The summed E-state index contributed by atoms with van der Waals surface area (Å²) >= 11 is 0. The minimum atomic E-state index is -0.134. The molecule has 1 aliphatic rings. The lowest BCUT2D eigenvalue weighted by Gasteiger charge is -2.29. The van der Waals surface area contributed by atoms with E-state index in [1.807, 2.05) is 37.3 Å². The lowest BCUT2D eigenvalue weighted by Crippen LogP contribution is -2.39. The lowest BCUT2D eigenvalue weighted by atomic mass is 10.0. The van der Waals surface area contributed by atoms with Crippen LogP contribution in [0.5, 0.6) is 5.75 Å². The number of aromatic hydroxyl groups is 1. The molecule has 3 rings (SSSR count). The molecule has 1 fully saturated rings. The molecule has 1 heterocycles. The van der Waals surface area contributed by atoms with Crippen LogP contribution in [0.15, 0.2) is 36.4 Å². The Morgan fingerprint density at radius 2 is 2.09 bits per heavy atom. The van der Waals surface area contributed by atoms with Gasteiger partial charge in [-0.15, -0.1) is 0 Å². The highest BCUT2D eigenvalue weighted by Crippen LogP contribution is 2.29. The van der Waals surface area contributed by atoms with Crippen molar-refractivity contribution in [3.05, 3.63) is 42.0 Å². The third-order valence-electron chi connectivity index (χ3n) is 4.50. The number of phenols is 1. The normalized spacial score (nSPS) is 18.0. The molecule has 1 atom stereocenters. The maximum Gasteiger partial charge on any atom is 0.257 e. The zero-order chi connectivity index (χ0) is 16.2. The number of likely N-dealkylation sites (N-methyl/N-ethyl adjacent to an activating group) is 1. The molecule has 122 valence electrons. The van der Waals surface area contributed by atoms with Crippen LogP contribution in [-0.2, 0) is 4.74 Å². The molecule has 0 aliphatic carbocycles. The summed E-state index contributed by atoms with van der Waals surface area (Å²) in [6.45, 7) is 3.92. The van der Waals surface area contributed by atoms with E-state index in [9.17, 15) is 9.90 Å². The van der Waals surface area contributed by atoms with Gasteiger partial charge in [0.1, 0.15) is 5.75 Å². The largest absolute Gasteiger partial charge is 0.506 e. The fourth-order valence-corrected chi connectivity index (χ4v) is 3.15. The summed E-state index contributed by atoms with van der Waals surface area (Å²) < 4.78 is 5.74. The Labute approximate surface area is 136 Å². The number of phenolic OH excluding ortho intramolecular Hbond substituents is 1. The Kier molecular flexibility index (Phi) is 4.82. The second kappa shape index (κ2) is 7.01. The summed E-state index contributed by atoms with van der Waals surface area (Å²) in [4.78, 5) is 14.6. The number of amides is 1. The number of carbonyl (C=O) groups is 1. The van der Waals surface area contributed by atoms with Crippen molar-refractivity contribution >= 4 is 16.7 Å². The van der Waals surface area contributed by atoms with Gasteiger partial charge in [-0.3, -0.25) is 4.79 Å².